The van der Waals surface area contributed by atoms with E-state index in [-0.39, 0.29) is 0 Å². The fraction of sp³-hybridized carbons (Fsp3) is 0.636. The SMILES string of the molecule is Cc1ccc(C)n1NC1CCC(N)C1. The molecule has 3 N–H and O–H groups in total. The van der Waals surface area contributed by atoms with Crippen molar-refractivity contribution in [2.24, 2.45) is 5.73 Å². The molecule has 3 heteroatoms. The first-order valence-electron chi connectivity index (χ1n) is 5.34. The van der Waals surface area contributed by atoms with E-state index in [1.54, 1.807) is 0 Å². The van der Waals surface area contributed by atoms with Crippen LogP contribution in [0.15, 0.2) is 12.1 Å². The highest BCUT2D eigenvalue weighted by Gasteiger charge is 2.21. The molecule has 0 radical (unpaired) electrons. The van der Waals surface area contributed by atoms with Crippen molar-refractivity contribution >= 4 is 0 Å². The molecule has 0 aliphatic heterocycles. The molecule has 0 spiro atoms. The van der Waals surface area contributed by atoms with Crippen LogP contribution in [0.1, 0.15) is 30.7 Å². The molecule has 3 nitrogen and oxygen atoms in total. The predicted molar refractivity (Wildman–Crippen MR) is 58.9 cm³/mol. The van der Waals surface area contributed by atoms with E-state index in [1.165, 1.54) is 17.8 Å². The molecule has 1 aromatic heterocycles. The minimum absolute atomic E-state index is 0.392. The van der Waals surface area contributed by atoms with E-state index in [9.17, 15) is 0 Å². The molecule has 78 valence electrons. The van der Waals surface area contributed by atoms with Crippen LogP contribution in [-0.2, 0) is 0 Å². The van der Waals surface area contributed by atoms with Crippen LogP contribution in [0.3, 0.4) is 0 Å². The highest BCUT2D eigenvalue weighted by molar-refractivity contribution is 5.16. The van der Waals surface area contributed by atoms with Crippen molar-refractivity contribution in [2.75, 3.05) is 5.43 Å². The molecule has 2 atom stereocenters. The highest BCUT2D eigenvalue weighted by atomic mass is 15.4. The third-order valence-corrected chi connectivity index (χ3v) is 3.06. The molecule has 1 aliphatic rings. The third kappa shape index (κ3) is 1.77. The number of nitrogens with two attached hydrogens (primary N) is 1. The standard InChI is InChI=1S/C11H19N3/c1-8-3-4-9(2)14(8)13-11-6-5-10(12)7-11/h3-4,10-11,13H,5-7,12H2,1-2H3. The zero-order chi connectivity index (χ0) is 10.1. The number of hydrogen-bond donors (Lipinski definition) is 2. The molecule has 1 saturated carbocycles. The minimum Gasteiger partial charge on any atom is -0.328 e. The second-order valence-electron chi connectivity index (χ2n) is 4.35. The predicted octanol–water partition coefficient (Wildman–Crippen LogP) is 1.53. The molecular weight excluding hydrogens is 174 g/mol. The van der Waals surface area contributed by atoms with Crippen molar-refractivity contribution in [3.63, 3.8) is 0 Å². The van der Waals surface area contributed by atoms with E-state index in [1.807, 2.05) is 0 Å². The second-order valence-corrected chi connectivity index (χ2v) is 4.35. The molecular formula is C11H19N3. The highest BCUT2D eigenvalue weighted by Crippen LogP contribution is 2.19. The molecule has 2 unspecified atom stereocenters. The van der Waals surface area contributed by atoms with Gasteiger partial charge in [0.05, 0.1) is 0 Å². The zero-order valence-corrected chi connectivity index (χ0v) is 8.96. The van der Waals surface area contributed by atoms with E-state index < -0.39 is 0 Å². The van der Waals surface area contributed by atoms with E-state index in [0.29, 0.717) is 12.1 Å². The van der Waals surface area contributed by atoms with Crippen molar-refractivity contribution in [1.29, 1.82) is 0 Å². The first-order chi connectivity index (χ1) is 6.66. The van der Waals surface area contributed by atoms with Crippen LogP contribution >= 0.6 is 0 Å². The Morgan fingerprint density at radius 1 is 1.29 bits per heavy atom. The van der Waals surface area contributed by atoms with Crippen molar-refractivity contribution in [1.82, 2.24) is 4.68 Å². The molecule has 0 bridgehead atoms. The largest absolute Gasteiger partial charge is 0.328 e. The monoisotopic (exact) mass is 193 g/mol. The third-order valence-electron chi connectivity index (χ3n) is 3.06. The van der Waals surface area contributed by atoms with Crippen molar-refractivity contribution in [2.45, 2.75) is 45.2 Å². The molecule has 1 aromatic rings. The van der Waals surface area contributed by atoms with Crippen LogP contribution in [0, 0.1) is 13.8 Å². The van der Waals surface area contributed by atoms with Crippen LogP contribution in [-0.4, -0.2) is 16.8 Å². The van der Waals surface area contributed by atoms with Crippen LogP contribution in [0.5, 0.6) is 0 Å². The van der Waals surface area contributed by atoms with Crippen molar-refractivity contribution < 1.29 is 0 Å². The summed E-state index contributed by atoms with van der Waals surface area (Å²) < 4.78 is 2.17. The summed E-state index contributed by atoms with van der Waals surface area (Å²) in [7, 11) is 0. The summed E-state index contributed by atoms with van der Waals surface area (Å²) in [5.41, 5.74) is 11.9. The van der Waals surface area contributed by atoms with Crippen LogP contribution in [0.25, 0.3) is 0 Å². The molecule has 0 saturated heterocycles. The number of hydrogen-bond acceptors (Lipinski definition) is 2. The van der Waals surface area contributed by atoms with Crippen molar-refractivity contribution in [3.05, 3.63) is 23.5 Å². The van der Waals surface area contributed by atoms with Gasteiger partial charge in [0.25, 0.3) is 0 Å². The van der Waals surface area contributed by atoms with Gasteiger partial charge in [0.1, 0.15) is 0 Å². The van der Waals surface area contributed by atoms with Gasteiger partial charge in [-0.05, 0) is 45.2 Å². The number of nitrogens with one attached hydrogen (secondary N) is 1. The summed E-state index contributed by atoms with van der Waals surface area (Å²) in [6.07, 6.45) is 3.44. The fourth-order valence-corrected chi connectivity index (χ4v) is 2.19. The maximum Gasteiger partial charge on any atom is 0.0439 e. The Morgan fingerprint density at radius 3 is 2.43 bits per heavy atom. The molecule has 0 aromatic carbocycles. The summed E-state index contributed by atoms with van der Waals surface area (Å²) in [4.78, 5) is 0. The lowest BCUT2D eigenvalue weighted by Gasteiger charge is -2.18. The lowest BCUT2D eigenvalue weighted by molar-refractivity contribution is 0.624. The van der Waals surface area contributed by atoms with Gasteiger partial charge in [0.2, 0.25) is 0 Å². The van der Waals surface area contributed by atoms with Gasteiger partial charge in [-0.25, -0.2) is 0 Å². The second kappa shape index (κ2) is 3.65. The maximum absolute atomic E-state index is 5.88. The minimum atomic E-state index is 0.392. The topological polar surface area (TPSA) is 43.0 Å². The van der Waals surface area contributed by atoms with E-state index in [4.69, 9.17) is 5.73 Å². The smallest absolute Gasteiger partial charge is 0.0439 e. The van der Waals surface area contributed by atoms with E-state index in [0.717, 1.165) is 12.8 Å². The molecule has 1 fully saturated rings. The Hall–Kier alpha value is -0.960. The van der Waals surface area contributed by atoms with Gasteiger partial charge in [-0.15, -0.1) is 0 Å². The van der Waals surface area contributed by atoms with E-state index in [2.05, 4.69) is 36.1 Å². The van der Waals surface area contributed by atoms with Gasteiger partial charge in [-0.2, -0.15) is 0 Å². The Labute approximate surface area is 85.3 Å². The van der Waals surface area contributed by atoms with Crippen LogP contribution < -0.4 is 11.2 Å². The Morgan fingerprint density at radius 2 is 1.93 bits per heavy atom. The average Bonchev–Trinajstić information content (AvgIpc) is 2.67. The van der Waals surface area contributed by atoms with Gasteiger partial charge in [0.15, 0.2) is 0 Å². The quantitative estimate of drug-likeness (QED) is 0.748. The molecule has 14 heavy (non-hydrogen) atoms. The molecule has 2 rings (SSSR count). The fourth-order valence-electron chi connectivity index (χ4n) is 2.19. The summed E-state index contributed by atoms with van der Waals surface area (Å²) in [5, 5.41) is 0. The first-order valence-corrected chi connectivity index (χ1v) is 5.34. The van der Waals surface area contributed by atoms with Crippen LogP contribution in [0.2, 0.25) is 0 Å². The van der Waals surface area contributed by atoms with Gasteiger partial charge >= 0.3 is 0 Å². The van der Waals surface area contributed by atoms with Crippen LogP contribution in [0.4, 0.5) is 0 Å². The Kier molecular flexibility index (Phi) is 2.50. The van der Waals surface area contributed by atoms with Gasteiger partial charge in [-0.1, -0.05) is 0 Å². The summed E-state index contributed by atoms with van der Waals surface area (Å²) in [6.45, 7) is 4.24. The Balaban J connectivity index is 2.04. The average molecular weight is 193 g/mol. The lowest BCUT2D eigenvalue weighted by Crippen LogP contribution is -2.28. The normalized spacial score (nSPS) is 26.8. The molecule has 1 aliphatic carbocycles. The summed E-state index contributed by atoms with van der Waals surface area (Å²) >= 11 is 0. The molecule has 0 amide bonds. The molecule has 1 heterocycles. The lowest BCUT2D eigenvalue weighted by atomic mass is 10.2. The number of nitrogens with zero attached hydrogens (tertiary/aromatic N) is 1. The number of rotatable bonds is 2. The van der Waals surface area contributed by atoms with Gasteiger partial charge in [-0.3, -0.25) is 4.68 Å². The van der Waals surface area contributed by atoms with Gasteiger partial charge < -0.3 is 11.2 Å². The van der Waals surface area contributed by atoms with E-state index >= 15 is 0 Å². The van der Waals surface area contributed by atoms with Crippen molar-refractivity contribution in [3.8, 4) is 0 Å². The zero-order valence-electron chi connectivity index (χ0n) is 8.96. The maximum atomic E-state index is 5.88. The summed E-state index contributed by atoms with van der Waals surface area (Å²) in [5.74, 6) is 0. The number of aryl methyl sites for hydroxylation is 2. The summed E-state index contributed by atoms with van der Waals surface area (Å²) in [6, 6.07) is 5.22. The van der Waals surface area contributed by atoms with Gasteiger partial charge in [0, 0.05) is 23.5 Å². The first kappa shape index (κ1) is 9.59. The number of aromatic nitrogens is 1. The Bertz CT molecular complexity index is 297.